The quantitative estimate of drug-likeness (QED) is 0.287. The number of nitrogens with zero attached hydrogens (tertiary/aromatic N) is 3. The van der Waals surface area contributed by atoms with Gasteiger partial charge in [-0.05, 0) is 61.8 Å². The third-order valence-electron chi connectivity index (χ3n) is 8.77. The number of amides is 3. The lowest BCUT2D eigenvalue weighted by atomic mass is 9.81. The Balaban J connectivity index is 1.13. The average molecular weight is 598 g/mol. The standard InChI is InChI=1S/C35H43N5O4/c41-32-31(16-8-10-22-37-34(43)44-27-29-13-5-2-6-14-29)38-33(42)35(40(32)24-18-30-15-7-9-21-36-30)19-25-39(26-20-35)23-17-28-11-3-1-4-12-28/h1-7,9,11-15,21,31H,8,10,16-20,22-27H2,(H,37,43)(H,38,42)/t31-/m0/s1. The maximum atomic E-state index is 13.9. The molecule has 0 radical (unpaired) electrons. The number of ether oxygens (including phenoxy) is 1. The van der Waals surface area contributed by atoms with Crippen LogP contribution in [0.5, 0.6) is 0 Å². The number of hydrogen-bond donors (Lipinski definition) is 2. The molecule has 3 heterocycles. The Bertz CT molecular complexity index is 1350. The van der Waals surface area contributed by atoms with Crippen molar-refractivity contribution in [1.82, 2.24) is 25.4 Å². The van der Waals surface area contributed by atoms with Crippen molar-refractivity contribution >= 4 is 17.9 Å². The van der Waals surface area contributed by atoms with Gasteiger partial charge in [0.25, 0.3) is 0 Å². The molecule has 2 aromatic carbocycles. The lowest BCUT2D eigenvalue weighted by molar-refractivity contribution is -0.161. The zero-order chi connectivity index (χ0) is 30.6. The highest BCUT2D eigenvalue weighted by Gasteiger charge is 2.53. The van der Waals surface area contributed by atoms with Crippen molar-refractivity contribution in [2.75, 3.05) is 32.7 Å². The zero-order valence-corrected chi connectivity index (χ0v) is 25.3. The molecule has 9 nitrogen and oxygen atoms in total. The normalized spacial score (nSPS) is 18.2. The fourth-order valence-electron chi connectivity index (χ4n) is 6.18. The summed E-state index contributed by atoms with van der Waals surface area (Å²) < 4.78 is 5.27. The van der Waals surface area contributed by atoms with Gasteiger partial charge < -0.3 is 25.2 Å². The first kappa shape index (κ1) is 31.2. The largest absolute Gasteiger partial charge is 0.445 e. The number of unbranched alkanes of at least 4 members (excludes halogenated alkanes) is 1. The number of piperidine rings is 1. The number of pyridine rings is 1. The van der Waals surface area contributed by atoms with Crippen molar-refractivity contribution in [3.63, 3.8) is 0 Å². The van der Waals surface area contributed by atoms with E-state index in [9.17, 15) is 14.4 Å². The number of nitrogens with one attached hydrogen (secondary N) is 2. The van der Waals surface area contributed by atoms with Gasteiger partial charge in [-0.15, -0.1) is 0 Å². The number of piperazine rings is 1. The summed E-state index contributed by atoms with van der Waals surface area (Å²) in [5, 5.41) is 5.86. The van der Waals surface area contributed by atoms with Gasteiger partial charge in [-0.3, -0.25) is 14.6 Å². The van der Waals surface area contributed by atoms with Gasteiger partial charge in [0.2, 0.25) is 11.8 Å². The van der Waals surface area contributed by atoms with Crippen LogP contribution in [-0.2, 0) is 33.8 Å². The summed E-state index contributed by atoms with van der Waals surface area (Å²) in [6.45, 7) is 3.58. The fraction of sp³-hybridized carbons (Fsp3) is 0.429. The monoisotopic (exact) mass is 597 g/mol. The minimum atomic E-state index is -0.838. The van der Waals surface area contributed by atoms with E-state index in [2.05, 4.69) is 44.8 Å². The van der Waals surface area contributed by atoms with E-state index in [0.29, 0.717) is 51.6 Å². The van der Waals surface area contributed by atoms with Crippen molar-refractivity contribution in [2.45, 2.75) is 63.1 Å². The molecule has 232 valence electrons. The highest BCUT2D eigenvalue weighted by molar-refractivity contribution is 6.00. The Hall–Kier alpha value is -4.24. The predicted octanol–water partition coefficient (Wildman–Crippen LogP) is 4.13. The van der Waals surface area contributed by atoms with E-state index in [1.54, 1.807) is 6.20 Å². The van der Waals surface area contributed by atoms with Crippen LogP contribution in [0.2, 0.25) is 0 Å². The van der Waals surface area contributed by atoms with E-state index in [-0.39, 0.29) is 18.4 Å². The van der Waals surface area contributed by atoms with Crippen LogP contribution in [0.3, 0.4) is 0 Å². The molecule has 0 bridgehead atoms. The maximum Gasteiger partial charge on any atom is 0.407 e. The molecule has 9 heteroatoms. The van der Waals surface area contributed by atoms with Crippen LogP contribution in [0.15, 0.2) is 85.1 Å². The number of alkyl carbamates (subject to hydrolysis) is 1. The summed E-state index contributed by atoms with van der Waals surface area (Å²) in [5.41, 5.74) is 2.30. The lowest BCUT2D eigenvalue weighted by Gasteiger charge is -2.51. The van der Waals surface area contributed by atoms with Crippen molar-refractivity contribution in [2.24, 2.45) is 0 Å². The third kappa shape index (κ3) is 8.23. The topological polar surface area (TPSA) is 104 Å². The molecule has 5 rings (SSSR count). The van der Waals surface area contributed by atoms with Crippen molar-refractivity contribution in [1.29, 1.82) is 0 Å². The fourth-order valence-corrected chi connectivity index (χ4v) is 6.18. The van der Waals surface area contributed by atoms with Gasteiger partial charge >= 0.3 is 6.09 Å². The number of hydrogen-bond acceptors (Lipinski definition) is 6. The number of carbonyl (C=O) groups excluding carboxylic acids is 3. The molecule has 1 atom stereocenters. The van der Waals surface area contributed by atoms with Gasteiger partial charge in [0.05, 0.1) is 0 Å². The minimum Gasteiger partial charge on any atom is -0.445 e. The molecular formula is C35H43N5O4. The molecule has 1 aromatic heterocycles. The summed E-state index contributed by atoms with van der Waals surface area (Å²) in [6.07, 6.45) is 5.96. The van der Waals surface area contributed by atoms with Crippen molar-refractivity contribution in [3.05, 3.63) is 102 Å². The number of likely N-dealkylation sites (tertiary alicyclic amines) is 1. The minimum absolute atomic E-state index is 0.0199. The second-order valence-corrected chi connectivity index (χ2v) is 11.7. The van der Waals surface area contributed by atoms with Crippen molar-refractivity contribution in [3.8, 4) is 0 Å². The Labute approximate surface area is 260 Å². The van der Waals surface area contributed by atoms with Crippen LogP contribution in [0.25, 0.3) is 0 Å². The van der Waals surface area contributed by atoms with Gasteiger partial charge in [0, 0.05) is 51.0 Å². The SMILES string of the molecule is O=C(NCCCC[C@@H]1NC(=O)C2(CCN(CCc3ccccc3)CC2)N(CCc2ccccn2)C1=O)OCc1ccccc1. The van der Waals surface area contributed by atoms with E-state index in [1.165, 1.54) is 5.56 Å². The molecule has 44 heavy (non-hydrogen) atoms. The van der Waals surface area contributed by atoms with Crippen LogP contribution in [0.1, 0.15) is 48.9 Å². The third-order valence-corrected chi connectivity index (χ3v) is 8.77. The zero-order valence-electron chi connectivity index (χ0n) is 25.3. The lowest BCUT2D eigenvalue weighted by Crippen LogP contribution is -2.73. The molecule has 0 aliphatic carbocycles. The molecule has 2 fully saturated rings. The first-order valence-electron chi connectivity index (χ1n) is 15.8. The molecule has 1 spiro atoms. The first-order chi connectivity index (χ1) is 21.5. The smallest absolute Gasteiger partial charge is 0.407 e. The Kier molecular flexibility index (Phi) is 11.0. The van der Waals surface area contributed by atoms with Crippen LogP contribution >= 0.6 is 0 Å². The molecule has 0 saturated carbocycles. The van der Waals surface area contributed by atoms with Crippen molar-refractivity contribution < 1.29 is 19.1 Å². The number of carbonyl (C=O) groups is 3. The van der Waals surface area contributed by atoms with E-state index >= 15 is 0 Å². The van der Waals surface area contributed by atoms with Gasteiger partial charge in [-0.25, -0.2) is 4.79 Å². The van der Waals surface area contributed by atoms with Gasteiger partial charge in [-0.1, -0.05) is 66.7 Å². The van der Waals surface area contributed by atoms with Gasteiger partial charge in [0.1, 0.15) is 18.2 Å². The summed E-state index contributed by atoms with van der Waals surface area (Å²) in [4.78, 5) is 48.5. The van der Waals surface area contributed by atoms with E-state index in [4.69, 9.17) is 4.74 Å². The molecule has 3 amide bonds. The summed E-state index contributed by atoms with van der Waals surface area (Å²) in [5.74, 6) is -0.0676. The van der Waals surface area contributed by atoms with Gasteiger partial charge in [-0.2, -0.15) is 0 Å². The van der Waals surface area contributed by atoms with Crippen LogP contribution in [0.4, 0.5) is 4.79 Å². The molecule has 3 aromatic rings. The maximum absolute atomic E-state index is 13.9. The number of rotatable bonds is 13. The predicted molar refractivity (Wildman–Crippen MR) is 169 cm³/mol. The highest BCUT2D eigenvalue weighted by atomic mass is 16.5. The van der Waals surface area contributed by atoms with E-state index in [1.807, 2.05) is 59.5 Å². The second kappa shape index (κ2) is 15.5. The molecule has 2 N–H and O–H groups in total. The summed E-state index contributed by atoms with van der Waals surface area (Å²) in [6, 6.07) is 25.2. The molecular weight excluding hydrogens is 554 g/mol. The van der Waals surface area contributed by atoms with E-state index < -0.39 is 17.7 Å². The summed E-state index contributed by atoms with van der Waals surface area (Å²) in [7, 11) is 0. The first-order valence-corrected chi connectivity index (χ1v) is 15.8. The number of aromatic nitrogens is 1. The van der Waals surface area contributed by atoms with E-state index in [0.717, 1.165) is 37.3 Å². The second-order valence-electron chi connectivity index (χ2n) is 11.7. The van der Waals surface area contributed by atoms with Crippen LogP contribution in [-0.4, -0.2) is 77.0 Å². The Morgan fingerprint density at radius 2 is 1.59 bits per heavy atom. The number of benzene rings is 2. The average Bonchev–Trinajstić information content (AvgIpc) is 3.07. The molecule has 2 aliphatic heterocycles. The highest BCUT2D eigenvalue weighted by Crippen LogP contribution is 2.34. The molecule has 2 saturated heterocycles. The Morgan fingerprint density at radius 1 is 0.886 bits per heavy atom. The Morgan fingerprint density at radius 3 is 2.30 bits per heavy atom. The van der Waals surface area contributed by atoms with Crippen LogP contribution in [0, 0.1) is 0 Å². The molecule has 2 aliphatic rings. The summed E-state index contributed by atoms with van der Waals surface area (Å²) >= 11 is 0. The molecule has 0 unspecified atom stereocenters. The van der Waals surface area contributed by atoms with Gasteiger partial charge in [0.15, 0.2) is 0 Å². The van der Waals surface area contributed by atoms with Crippen LogP contribution < -0.4 is 10.6 Å².